The predicted octanol–water partition coefficient (Wildman–Crippen LogP) is 3.87. The molecule has 0 bridgehead atoms. The van der Waals surface area contributed by atoms with E-state index in [-0.39, 0.29) is 11.5 Å². The molecule has 28 heavy (non-hydrogen) atoms. The Morgan fingerprint density at radius 3 is 2.46 bits per heavy atom. The molecule has 0 saturated carbocycles. The van der Waals surface area contributed by atoms with Crippen LogP contribution in [0.25, 0.3) is 22.4 Å². The second-order valence-corrected chi connectivity index (χ2v) is 6.55. The monoisotopic (exact) mass is 391 g/mol. The number of hydrogen-bond acceptors (Lipinski definition) is 6. The Kier molecular flexibility index (Phi) is 5.92. The number of rotatable bonds is 5. The highest BCUT2D eigenvalue weighted by Crippen LogP contribution is 2.32. The maximum Gasteiger partial charge on any atom is 0.338 e. The van der Waals surface area contributed by atoms with Crippen molar-refractivity contribution < 1.29 is 9.53 Å². The van der Waals surface area contributed by atoms with Gasteiger partial charge in [0.15, 0.2) is 5.16 Å². The van der Waals surface area contributed by atoms with Crippen LogP contribution in [0.15, 0.2) is 58.5 Å². The Bertz CT molecular complexity index is 1110. The van der Waals surface area contributed by atoms with Crippen LogP contribution in [0.1, 0.15) is 22.8 Å². The maximum absolute atomic E-state index is 12.3. The molecule has 1 heterocycles. The first-order valence-corrected chi connectivity index (χ1v) is 9.76. The van der Waals surface area contributed by atoms with Gasteiger partial charge in [-0.1, -0.05) is 48.2 Å². The number of nitriles is 1. The summed E-state index contributed by atoms with van der Waals surface area (Å²) < 4.78 is 5.01. The van der Waals surface area contributed by atoms with Crippen molar-refractivity contribution in [2.45, 2.75) is 12.1 Å². The highest BCUT2D eigenvalue weighted by molar-refractivity contribution is 7.98. The second kappa shape index (κ2) is 8.55. The summed E-state index contributed by atoms with van der Waals surface area (Å²) in [5.74, 6) is -0.380. The molecular formula is C21H17N3O3S. The number of H-pyrrole nitrogens is 1. The number of carbonyl (C=O) groups is 1. The Hall–Kier alpha value is -3.37. The largest absolute Gasteiger partial charge is 0.462 e. The Labute approximate surface area is 166 Å². The molecule has 0 aliphatic carbocycles. The number of carbonyl (C=O) groups excluding carboxylic acids is 1. The first-order chi connectivity index (χ1) is 13.6. The highest BCUT2D eigenvalue weighted by atomic mass is 32.2. The van der Waals surface area contributed by atoms with Crippen molar-refractivity contribution in [2.75, 3.05) is 12.9 Å². The zero-order valence-corrected chi connectivity index (χ0v) is 16.2. The first-order valence-electron chi connectivity index (χ1n) is 8.54. The fourth-order valence-electron chi connectivity index (χ4n) is 2.79. The lowest BCUT2D eigenvalue weighted by Crippen LogP contribution is -2.14. The minimum Gasteiger partial charge on any atom is -0.462 e. The van der Waals surface area contributed by atoms with E-state index in [0.717, 1.165) is 11.1 Å². The van der Waals surface area contributed by atoms with Gasteiger partial charge in [0.1, 0.15) is 11.6 Å². The molecule has 1 N–H and O–H groups in total. The van der Waals surface area contributed by atoms with Crippen molar-refractivity contribution in [1.82, 2.24) is 9.97 Å². The molecule has 0 atom stereocenters. The van der Waals surface area contributed by atoms with Gasteiger partial charge < -0.3 is 9.72 Å². The predicted molar refractivity (Wildman–Crippen MR) is 108 cm³/mol. The zero-order chi connectivity index (χ0) is 20.1. The van der Waals surface area contributed by atoms with Crippen LogP contribution < -0.4 is 5.56 Å². The molecule has 0 aliphatic rings. The van der Waals surface area contributed by atoms with Crippen LogP contribution in [0, 0.1) is 11.3 Å². The van der Waals surface area contributed by atoms with Gasteiger partial charge in [0, 0.05) is 5.56 Å². The molecule has 0 saturated heterocycles. The van der Waals surface area contributed by atoms with Crippen molar-refractivity contribution in [3.05, 3.63) is 70.0 Å². The van der Waals surface area contributed by atoms with E-state index in [0.29, 0.717) is 28.6 Å². The van der Waals surface area contributed by atoms with E-state index >= 15 is 0 Å². The molecule has 7 heteroatoms. The minimum atomic E-state index is -0.468. The summed E-state index contributed by atoms with van der Waals surface area (Å²) in [5, 5.41) is 9.90. The minimum absolute atomic E-state index is 0.0339. The van der Waals surface area contributed by atoms with Gasteiger partial charge in [0.25, 0.3) is 5.56 Å². The molecule has 0 unspecified atom stereocenters. The van der Waals surface area contributed by atoms with Gasteiger partial charge in [0.05, 0.1) is 17.9 Å². The van der Waals surface area contributed by atoms with Crippen molar-refractivity contribution in [1.29, 1.82) is 5.26 Å². The highest BCUT2D eigenvalue weighted by Gasteiger charge is 2.17. The molecule has 0 spiro atoms. The van der Waals surface area contributed by atoms with Gasteiger partial charge in [-0.2, -0.15) is 5.26 Å². The van der Waals surface area contributed by atoms with Crippen LogP contribution in [-0.4, -0.2) is 28.8 Å². The molecule has 0 amide bonds. The van der Waals surface area contributed by atoms with Crippen LogP contribution in [0.3, 0.4) is 0 Å². The average molecular weight is 391 g/mol. The summed E-state index contributed by atoms with van der Waals surface area (Å²) >= 11 is 1.29. The van der Waals surface area contributed by atoms with E-state index in [1.54, 1.807) is 37.4 Å². The van der Waals surface area contributed by atoms with Crippen LogP contribution in [0.5, 0.6) is 0 Å². The average Bonchev–Trinajstić information content (AvgIpc) is 2.73. The van der Waals surface area contributed by atoms with Crippen molar-refractivity contribution in [3.8, 4) is 28.5 Å². The molecule has 6 nitrogen and oxygen atoms in total. The third-order valence-corrected chi connectivity index (χ3v) is 4.67. The van der Waals surface area contributed by atoms with E-state index in [1.807, 2.05) is 30.3 Å². The van der Waals surface area contributed by atoms with Crippen molar-refractivity contribution >= 4 is 17.7 Å². The van der Waals surface area contributed by atoms with E-state index < -0.39 is 5.56 Å². The smallest absolute Gasteiger partial charge is 0.338 e. The Balaban J connectivity index is 2.14. The molecule has 1 aromatic heterocycles. The van der Waals surface area contributed by atoms with Crippen LogP contribution >= 0.6 is 11.8 Å². The number of aromatic nitrogens is 2. The first kappa shape index (κ1) is 19.4. The zero-order valence-electron chi connectivity index (χ0n) is 15.4. The number of nitrogens with zero attached hydrogens (tertiary/aromatic N) is 2. The number of nitrogens with one attached hydrogen (secondary N) is 1. The van der Waals surface area contributed by atoms with Gasteiger partial charge in [-0.3, -0.25) is 4.79 Å². The van der Waals surface area contributed by atoms with Crippen LogP contribution in [0.2, 0.25) is 0 Å². The summed E-state index contributed by atoms with van der Waals surface area (Å²) in [6, 6.07) is 16.3. The van der Waals surface area contributed by atoms with E-state index in [4.69, 9.17) is 4.74 Å². The molecule has 2 aromatic carbocycles. The summed E-state index contributed by atoms with van der Waals surface area (Å²) in [6.07, 6.45) is 1.80. The van der Waals surface area contributed by atoms with Crippen molar-refractivity contribution in [3.63, 3.8) is 0 Å². The number of ether oxygens (including phenoxy) is 1. The fraction of sp³-hybridized carbons (Fsp3) is 0.143. The molecule has 140 valence electrons. The molecule has 3 rings (SSSR count). The van der Waals surface area contributed by atoms with Gasteiger partial charge in [-0.25, -0.2) is 9.78 Å². The fourth-order valence-corrected chi connectivity index (χ4v) is 3.17. The van der Waals surface area contributed by atoms with Gasteiger partial charge in [0.2, 0.25) is 0 Å². The Morgan fingerprint density at radius 1 is 1.18 bits per heavy atom. The number of aromatic amines is 1. The van der Waals surface area contributed by atoms with Crippen molar-refractivity contribution in [2.24, 2.45) is 0 Å². The van der Waals surface area contributed by atoms with Crippen LogP contribution in [0.4, 0.5) is 0 Å². The SMILES string of the molecule is CCOC(=O)c1ccc(-c2ccccc2-c2nc(SC)[nH]c(=O)c2C#N)cc1. The third-order valence-electron chi connectivity index (χ3n) is 4.09. The summed E-state index contributed by atoms with van der Waals surface area (Å²) in [6.45, 7) is 2.07. The molecule has 0 radical (unpaired) electrons. The van der Waals surface area contributed by atoms with E-state index in [1.165, 1.54) is 11.8 Å². The molecular weight excluding hydrogens is 374 g/mol. The lowest BCUT2D eigenvalue weighted by atomic mass is 9.95. The lowest BCUT2D eigenvalue weighted by Gasteiger charge is -2.12. The topological polar surface area (TPSA) is 95.8 Å². The molecule has 0 aliphatic heterocycles. The van der Waals surface area contributed by atoms with Gasteiger partial charge in [-0.05, 0) is 36.4 Å². The summed E-state index contributed by atoms with van der Waals surface area (Å²) in [7, 11) is 0. The number of benzene rings is 2. The maximum atomic E-state index is 12.3. The summed E-state index contributed by atoms with van der Waals surface area (Å²) in [5.41, 5.74) is 2.60. The molecule has 3 aromatic rings. The van der Waals surface area contributed by atoms with Gasteiger partial charge >= 0.3 is 5.97 Å². The van der Waals surface area contributed by atoms with E-state index in [2.05, 4.69) is 9.97 Å². The number of esters is 1. The van der Waals surface area contributed by atoms with E-state index in [9.17, 15) is 14.9 Å². The number of hydrogen-bond donors (Lipinski definition) is 1. The lowest BCUT2D eigenvalue weighted by molar-refractivity contribution is 0.0526. The van der Waals surface area contributed by atoms with Gasteiger partial charge in [-0.15, -0.1) is 0 Å². The third kappa shape index (κ3) is 3.82. The number of thioether (sulfide) groups is 1. The Morgan fingerprint density at radius 2 is 1.86 bits per heavy atom. The standard InChI is InChI=1S/C21H17N3O3S/c1-3-27-20(26)14-10-8-13(9-11-14)15-6-4-5-7-16(15)18-17(12-22)19(25)24-21(23-18)28-2/h4-11H,3H2,1-2H3,(H,23,24,25). The van der Waals surface area contributed by atoms with Crippen LogP contribution in [-0.2, 0) is 4.74 Å². The summed E-state index contributed by atoms with van der Waals surface area (Å²) in [4.78, 5) is 31.2. The molecule has 0 fully saturated rings. The quantitative estimate of drug-likeness (QED) is 0.403. The second-order valence-electron chi connectivity index (χ2n) is 5.75. The normalized spacial score (nSPS) is 10.3.